The van der Waals surface area contributed by atoms with Crippen LogP contribution < -0.4 is 4.57 Å². The molecule has 0 unspecified atom stereocenters. The number of rotatable bonds is 4. The summed E-state index contributed by atoms with van der Waals surface area (Å²) in [6, 6.07) is 14.7. The van der Waals surface area contributed by atoms with Gasteiger partial charge in [-0.15, -0.1) is 0 Å². The smallest absolute Gasteiger partial charge is 0.169 e. The second-order valence-corrected chi connectivity index (χ2v) is 5.86. The fourth-order valence-corrected chi connectivity index (χ4v) is 2.67. The minimum absolute atomic E-state index is 0.808. The Morgan fingerprint density at radius 3 is 2.39 bits per heavy atom. The van der Waals surface area contributed by atoms with Crippen molar-refractivity contribution in [1.29, 1.82) is 0 Å². The maximum Gasteiger partial charge on any atom is 0.169 e. The van der Waals surface area contributed by atoms with Gasteiger partial charge in [0.2, 0.25) is 0 Å². The molecule has 0 aliphatic heterocycles. The average Bonchev–Trinajstić information content (AvgIpc) is 2.82. The lowest BCUT2D eigenvalue weighted by Crippen LogP contribution is -2.25. The van der Waals surface area contributed by atoms with E-state index in [1.165, 1.54) is 22.4 Å². The van der Waals surface area contributed by atoms with E-state index in [1.807, 2.05) is 17.7 Å². The molecule has 3 heteroatoms. The van der Waals surface area contributed by atoms with Crippen molar-refractivity contribution in [1.82, 2.24) is 9.78 Å². The van der Waals surface area contributed by atoms with Crippen LogP contribution in [0.2, 0.25) is 0 Å². The maximum absolute atomic E-state index is 4.69. The monoisotopic (exact) mass is 304 g/mol. The Kier molecular flexibility index (Phi) is 4.38. The molecule has 0 bridgehead atoms. The summed E-state index contributed by atoms with van der Waals surface area (Å²) < 4.78 is 4.11. The third-order valence-electron chi connectivity index (χ3n) is 4.06. The molecule has 0 N–H and O–H groups in total. The number of hydrogen-bond acceptors (Lipinski definition) is 1. The van der Waals surface area contributed by atoms with Gasteiger partial charge in [-0.25, -0.2) is 4.57 Å². The highest BCUT2D eigenvalue weighted by molar-refractivity contribution is 5.71. The van der Waals surface area contributed by atoms with Crippen molar-refractivity contribution in [2.24, 2.45) is 7.05 Å². The van der Waals surface area contributed by atoms with E-state index >= 15 is 0 Å². The lowest BCUT2D eigenvalue weighted by Gasteiger charge is -2.04. The zero-order chi connectivity index (χ0) is 16.2. The van der Waals surface area contributed by atoms with Gasteiger partial charge in [-0.1, -0.05) is 42.5 Å². The molecule has 0 fully saturated rings. The minimum atomic E-state index is 0.808. The Hall–Kier alpha value is -2.68. The first-order valence-electron chi connectivity index (χ1n) is 7.85. The molecule has 0 saturated heterocycles. The Morgan fingerprint density at radius 1 is 1.00 bits per heavy atom. The highest BCUT2D eigenvalue weighted by atomic mass is 15.3. The molecule has 2 aromatic heterocycles. The Labute approximate surface area is 137 Å². The van der Waals surface area contributed by atoms with Gasteiger partial charge in [0.25, 0.3) is 0 Å². The summed E-state index contributed by atoms with van der Waals surface area (Å²) in [5, 5.41) is 4.69. The zero-order valence-corrected chi connectivity index (χ0v) is 13.9. The first-order chi connectivity index (χ1) is 11.1. The van der Waals surface area contributed by atoms with E-state index in [0.29, 0.717) is 0 Å². The summed E-state index contributed by atoms with van der Waals surface area (Å²) in [4.78, 5) is 0. The molecule has 0 aliphatic rings. The largest absolute Gasteiger partial charge is 0.265 e. The van der Waals surface area contributed by atoms with Crippen molar-refractivity contribution in [3.05, 3.63) is 82.9 Å². The number of pyridine rings is 1. The van der Waals surface area contributed by atoms with Gasteiger partial charge in [-0.05, 0) is 25.0 Å². The number of hydrogen-bond donors (Lipinski definition) is 0. The van der Waals surface area contributed by atoms with E-state index in [-0.39, 0.29) is 0 Å². The van der Waals surface area contributed by atoms with E-state index in [1.54, 1.807) is 0 Å². The van der Waals surface area contributed by atoms with E-state index in [9.17, 15) is 0 Å². The van der Waals surface area contributed by atoms with Gasteiger partial charge < -0.3 is 0 Å². The van der Waals surface area contributed by atoms with Gasteiger partial charge in [-0.3, -0.25) is 4.68 Å². The SMILES string of the molecule is Cc1nn(Cc2ccccc2)c(C)c1/C=C/c1cc[n+](C)cc1. The fraction of sp³-hybridized carbons (Fsp3) is 0.200. The highest BCUT2D eigenvalue weighted by Gasteiger charge is 2.09. The van der Waals surface area contributed by atoms with Crippen LogP contribution >= 0.6 is 0 Å². The van der Waals surface area contributed by atoms with E-state index in [0.717, 1.165) is 12.2 Å². The predicted molar refractivity (Wildman–Crippen MR) is 93.8 cm³/mol. The lowest BCUT2D eigenvalue weighted by molar-refractivity contribution is -0.671. The second-order valence-electron chi connectivity index (χ2n) is 5.86. The van der Waals surface area contributed by atoms with Crippen molar-refractivity contribution in [3.8, 4) is 0 Å². The fourth-order valence-electron chi connectivity index (χ4n) is 2.67. The summed E-state index contributed by atoms with van der Waals surface area (Å²) in [6.45, 7) is 5.01. The van der Waals surface area contributed by atoms with Crippen molar-refractivity contribution in [3.63, 3.8) is 0 Å². The van der Waals surface area contributed by atoms with Crippen LogP contribution in [0, 0.1) is 13.8 Å². The number of nitrogens with zero attached hydrogens (tertiary/aromatic N) is 3. The highest BCUT2D eigenvalue weighted by Crippen LogP contribution is 2.17. The molecule has 0 aliphatic carbocycles. The van der Waals surface area contributed by atoms with Crippen LogP contribution in [0.25, 0.3) is 12.2 Å². The summed E-state index contributed by atoms with van der Waals surface area (Å²) in [6.07, 6.45) is 8.41. The summed E-state index contributed by atoms with van der Waals surface area (Å²) in [5.41, 5.74) is 5.93. The predicted octanol–water partition coefficient (Wildman–Crippen LogP) is 3.54. The van der Waals surface area contributed by atoms with E-state index < -0.39 is 0 Å². The molecular formula is C20H22N3+. The van der Waals surface area contributed by atoms with Gasteiger partial charge in [-0.2, -0.15) is 5.10 Å². The standard InChI is InChI=1S/C20H22N3/c1-16-20(10-9-18-11-13-22(3)14-12-18)17(2)23(21-16)15-19-7-5-4-6-8-19/h4-14H,15H2,1-3H3/q+1. The van der Waals surface area contributed by atoms with Crippen LogP contribution in [0.15, 0.2) is 54.9 Å². The van der Waals surface area contributed by atoms with Crippen molar-refractivity contribution in [2.45, 2.75) is 20.4 Å². The van der Waals surface area contributed by atoms with Crippen LogP contribution in [-0.4, -0.2) is 9.78 Å². The molecule has 0 atom stereocenters. The molecule has 116 valence electrons. The molecule has 0 radical (unpaired) electrons. The van der Waals surface area contributed by atoms with Crippen LogP contribution in [0.4, 0.5) is 0 Å². The van der Waals surface area contributed by atoms with Gasteiger partial charge in [0, 0.05) is 23.4 Å². The van der Waals surface area contributed by atoms with Crippen LogP contribution in [0.3, 0.4) is 0 Å². The molecule has 0 saturated carbocycles. The summed E-state index contributed by atoms with van der Waals surface area (Å²) in [5.74, 6) is 0. The molecule has 0 amide bonds. The molecule has 2 heterocycles. The lowest BCUT2D eigenvalue weighted by atomic mass is 10.1. The van der Waals surface area contributed by atoms with Crippen molar-refractivity contribution < 1.29 is 4.57 Å². The minimum Gasteiger partial charge on any atom is -0.265 e. The second kappa shape index (κ2) is 6.61. The van der Waals surface area contributed by atoms with Crippen LogP contribution in [0.1, 0.15) is 28.1 Å². The van der Waals surface area contributed by atoms with Crippen molar-refractivity contribution >= 4 is 12.2 Å². The van der Waals surface area contributed by atoms with Crippen LogP contribution in [-0.2, 0) is 13.6 Å². The zero-order valence-electron chi connectivity index (χ0n) is 13.9. The van der Waals surface area contributed by atoms with Crippen molar-refractivity contribution in [2.75, 3.05) is 0 Å². The molecule has 23 heavy (non-hydrogen) atoms. The third kappa shape index (κ3) is 3.57. The number of aromatic nitrogens is 3. The van der Waals surface area contributed by atoms with Crippen LogP contribution in [0.5, 0.6) is 0 Å². The molecule has 3 aromatic rings. The van der Waals surface area contributed by atoms with Gasteiger partial charge in [0.05, 0.1) is 12.2 Å². The maximum atomic E-state index is 4.69. The Morgan fingerprint density at radius 2 is 1.70 bits per heavy atom. The topological polar surface area (TPSA) is 21.7 Å². The number of aryl methyl sites for hydroxylation is 2. The van der Waals surface area contributed by atoms with Gasteiger partial charge in [0.15, 0.2) is 12.4 Å². The van der Waals surface area contributed by atoms with E-state index in [2.05, 4.69) is 79.5 Å². The first-order valence-corrected chi connectivity index (χ1v) is 7.85. The normalized spacial score (nSPS) is 11.3. The molecule has 3 nitrogen and oxygen atoms in total. The number of benzene rings is 1. The van der Waals surface area contributed by atoms with Gasteiger partial charge in [0.1, 0.15) is 7.05 Å². The first kappa shape index (κ1) is 15.2. The molecule has 0 spiro atoms. The summed E-state index contributed by atoms with van der Waals surface area (Å²) >= 11 is 0. The molecule has 1 aromatic carbocycles. The average molecular weight is 304 g/mol. The molecule has 3 rings (SSSR count). The molecular weight excluding hydrogens is 282 g/mol. The van der Waals surface area contributed by atoms with Gasteiger partial charge >= 0.3 is 0 Å². The van der Waals surface area contributed by atoms with E-state index in [4.69, 9.17) is 5.10 Å². The quantitative estimate of drug-likeness (QED) is 0.676. The Balaban J connectivity index is 1.84. The Bertz CT molecular complexity index is 812. The summed E-state index contributed by atoms with van der Waals surface area (Å²) in [7, 11) is 2.02. The third-order valence-corrected chi connectivity index (χ3v) is 4.06.